The average Bonchev–Trinajstić information content (AvgIpc) is 2.85. The fraction of sp³-hybridized carbons (Fsp3) is 0.500. The average molecular weight is 248 g/mol. The van der Waals surface area contributed by atoms with Crippen molar-refractivity contribution in [3.8, 4) is 0 Å². The van der Waals surface area contributed by atoms with Crippen LogP contribution in [-0.4, -0.2) is 22.0 Å². The Labute approximate surface area is 103 Å². The largest absolute Gasteiger partial charge is 0.462 e. The highest BCUT2D eigenvalue weighted by atomic mass is 16.6. The van der Waals surface area contributed by atoms with Crippen LogP contribution in [0.15, 0.2) is 12.3 Å². The van der Waals surface area contributed by atoms with E-state index < -0.39 is 4.92 Å². The van der Waals surface area contributed by atoms with Crippen molar-refractivity contribution < 1.29 is 14.5 Å². The molecule has 18 heavy (non-hydrogen) atoms. The van der Waals surface area contributed by atoms with Gasteiger partial charge in [0.25, 0.3) is 0 Å². The van der Waals surface area contributed by atoms with Gasteiger partial charge >= 0.3 is 11.8 Å². The number of esters is 1. The summed E-state index contributed by atoms with van der Waals surface area (Å²) in [6, 6.07) is 1.52. The first-order valence-corrected chi connectivity index (χ1v) is 5.87. The van der Waals surface area contributed by atoms with E-state index in [1.165, 1.54) is 13.0 Å². The lowest BCUT2D eigenvalue weighted by atomic mass is 9.91. The maximum absolute atomic E-state index is 11.0. The second-order valence-electron chi connectivity index (χ2n) is 4.85. The van der Waals surface area contributed by atoms with Crippen molar-refractivity contribution in [3.05, 3.63) is 33.5 Å². The smallest absolute Gasteiger partial charge is 0.363 e. The Morgan fingerprint density at radius 3 is 2.94 bits per heavy atom. The minimum atomic E-state index is -0.493. The standard InChI is InChI=1S/C12H12N2O4/c1-6(15)18-11-3-7-2-9(11)8-4-12(14(16)17)13-5-10(7)8/h4-5,7,9,11H,2-3H2,1H3. The van der Waals surface area contributed by atoms with E-state index >= 15 is 0 Å². The maximum atomic E-state index is 11.0. The number of pyridine rings is 1. The molecule has 6 heteroatoms. The van der Waals surface area contributed by atoms with Gasteiger partial charge in [-0.15, -0.1) is 0 Å². The Morgan fingerprint density at radius 2 is 2.28 bits per heavy atom. The number of ether oxygens (including phenoxy) is 1. The van der Waals surface area contributed by atoms with Gasteiger partial charge in [-0.3, -0.25) is 4.79 Å². The highest BCUT2D eigenvalue weighted by Gasteiger charge is 2.47. The van der Waals surface area contributed by atoms with Crippen LogP contribution in [0.5, 0.6) is 0 Å². The van der Waals surface area contributed by atoms with Gasteiger partial charge in [0.1, 0.15) is 12.3 Å². The van der Waals surface area contributed by atoms with E-state index in [1.807, 2.05) is 0 Å². The molecular weight excluding hydrogens is 236 g/mol. The molecule has 1 aromatic rings. The van der Waals surface area contributed by atoms with Gasteiger partial charge in [-0.1, -0.05) is 0 Å². The first kappa shape index (κ1) is 11.1. The lowest BCUT2D eigenvalue weighted by molar-refractivity contribution is -0.389. The molecule has 1 aromatic heterocycles. The van der Waals surface area contributed by atoms with Crippen molar-refractivity contribution in [2.45, 2.75) is 37.7 Å². The number of nitro groups is 1. The van der Waals surface area contributed by atoms with Gasteiger partial charge in [0.05, 0.1) is 0 Å². The zero-order valence-electron chi connectivity index (χ0n) is 9.83. The van der Waals surface area contributed by atoms with E-state index in [4.69, 9.17) is 4.74 Å². The molecule has 0 spiro atoms. The molecule has 2 aliphatic rings. The first-order chi connectivity index (χ1) is 8.56. The van der Waals surface area contributed by atoms with Crippen LogP contribution >= 0.6 is 0 Å². The lowest BCUT2D eigenvalue weighted by Gasteiger charge is -2.22. The molecule has 1 saturated carbocycles. The number of carbonyl (C=O) groups is 1. The lowest BCUT2D eigenvalue weighted by Crippen LogP contribution is -2.22. The van der Waals surface area contributed by atoms with Crippen LogP contribution in [0, 0.1) is 10.1 Å². The summed E-state index contributed by atoms with van der Waals surface area (Å²) in [6.45, 7) is 1.39. The second-order valence-corrected chi connectivity index (χ2v) is 4.85. The topological polar surface area (TPSA) is 82.3 Å². The molecule has 3 rings (SSSR count). The molecule has 0 amide bonds. The van der Waals surface area contributed by atoms with E-state index in [9.17, 15) is 14.9 Å². The third kappa shape index (κ3) is 1.56. The van der Waals surface area contributed by atoms with E-state index in [0.717, 1.165) is 24.0 Å². The van der Waals surface area contributed by atoms with Gasteiger partial charge in [0.15, 0.2) is 0 Å². The van der Waals surface area contributed by atoms with Crippen molar-refractivity contribution >= 4 is 11.8 Å². The van der Waals surface area contributed by atoms with Crippen LogP contribution in [0.2, 0.25) is 0 Å². The van der Waals surface area contributed by atoms with E-state index in [2.05, 4.69) is 4.98 Å². The molecule has 0 N–H and O–H groups in total. The number of aromatic nitrogens is 1. The van der Waals surface area contributed by atoms with Gasteiger partial charge in [-0.25, -0.2) is 0 Å². The first-order valence-electron chi connectivity index (χ1n) is 5.87. The molecular formula is C12H12N2O4. The molecule has 2 bridgehead atoms. The highest BCUT2D eigenvalue weighted by Crippen LogP contribution is 2.54. The summed E-state index contributed by atoms with van der Waals surface area (Å²) < 4.78 is 5.27. The summed E-state index contributed by atoms with van der Waals surface area (Å²) in [6.07, 6.45) is 3.16. The van der Waals surface area contributed by atoms with E-state index in [0.29, 0.717) is 5.92 Å². The third-order valence-electron chi connectivity index (χ3n) is 3.80. The quantitative estimate of drug-likeness (QED) is 0.453. The van der Waals surface area contributed by atoms with Crippen molar-refractivity contribution in [1.82, 2.24) is 4.98 Å². The van der Waals surface area contributed by atoms with Crippen molar-refractivity contribution in [2.24, 2.45) is 0 Å². The number of carbonyl (C=O) groups excluding carboxylic acids is 1. The fourth-order valence-electron chi connectivity index (χ4n) is 3.16. The normalized spacial score (nSPS) is 27.9. The zero-order chi connectivity index (χ0) is 12.9. The highest BCUT2D eigenvalue weighted by molar-refractivity contribution is 5.66. The summed E-state index contributed by atoms with van der Waals surface area (Å²) in [5.74, 6) is -0.0150. The van der Waals surface area contributed by atoms with Crippen LogP contribution in [0.3, 0.4) is 0 Å². The molecule has 3 atom stereocenters. The summed E-state index contributed by atoms with van der Waals surface area (Å²) in [7, 11) is 0. The molecule has 0 saturated heterocycles. The molecule has 0 aromatic carbocycles. The van der Waals surface area contributed by atoms with Crippen LogP contribution in [0.4, 0.5) is 5.82 Å². The predicted molar refractivity (Wildman–Crippen MR) is 61.2 cm³/mol. The minimum Gasteiger partial charge on any atom is -0.462 e. The molecule has 2 aliphatic carbocycles. The fourth-order valence-corrected chi connectivity index (χ4v) is 3.16. The zero-order valence-corrected chi connectivity index (χ0v) is 9.83. The molecule has 1 fully saturated rings. The Bertz CT molecular complexity index is 543. The predicted octanol–water partition coefficient (Wildman–Crippen LogP) is 1.90. The third-order valence-corrected chi connectivity index (χ3v) is 3.80. The minimum absolute atomic E-state index is 0.0931. The number of nitrogens with zero attached hydrogens (tertiary/aromatic N) is 2. The maximum Gasteiger partial charge on any atom is 0.363 e. The summed E-state index contributed by atoms with van der Waals surface area (Å²) in [5.41, 5.74) is 2.01. The number of fused-ring (bicyclic) bond motifs is 5. The van der Waals surface area contributed by atoms with Gasteiger partial charge in [-0.2, -0.15) is 0 Å². The summed E-state index contributed by atoms with van der Waals surface area (Å²) in [5, 5.41) is 10.7. The Balaban J connectivity index is 1.95. The summed E-state index contributed by atoms with van der Waals surface area (Å²) >= 11 is 0. The van der Waals surface area contributed by atoms with Crippen molar-refractivity contribution in [2.75, 3.05) is 0 Å². The molecule has 0 radical (unpaired) electrons. The van der Waals surface area contributed by atoms with E-state index in [-0.39, 0.29) is 23.8 Å². The van der Waals surface area contributed by atoms with Crippen LogP contribution in [0.25, 0.3) is 0 Å². The number of rotatable bonds is 2. The van der Waals surface area contributed by atoms with Gasteiger partial charge < -0.3 is 14.9 Å². The summed E-state index contributed by atoms with van der Waals surface area (Å²) in [4.78, 5) is 25.1. The van der Waals surface area contributed by atoms with Crippen LogP contribution < -0.4 is 0 Å². The SMILES string of the molecule is CC(=O)OC1CC2CC1c1cc([N+](=O)[O-])ncc12. The van der Waals surface area contributed by atoms with Crippen molar-refractivity contribution in [3.63, 3.8) is 0 Å². The molecule has 3 unspecified atom stereocenters. The Hall–Kier alpha value is -1.98. The van der Waals surface area contributed by atoms with Gasteiger partial charge in [0, 0.05) is 24.5 Å². The van der Waals surface area contributed by atoms with Gasteiger partial charge in [0.2, 0.25) is 0 Å². The van der Waals surface area contributed by atoms with Gasteiger partial charge in [-0.05, 0) is 34.2 Å². The monoisotopic (exact) mass is 248 g/mol. The van der Waals surface area contributed by atoms with Crippen molar-refractivity contribution in [1.29, 1.82) is 0 Å². The van der Waals surface area contributed by atoms with Crippen LogP contribution in [0.1, 0.15) is 42.7 Å². The second kappa shape index (κ2) is 3.76. The Kier molecular flexibility index (Phi) is 2.33. The Morgan fingerprint density at radius 1 is 1.50 bits per heavy atom. The molecule has 6 nitrogen and oxygen atoms in total. The number of hydrogen-bond donors (Lipinski definition) is 0. The molecule has 1 heterocycles. The molecule has 94 valence electrons. The number of hydrogen-bond acceptors (Lipinski definition) is 5. The van der Waals surface area contributed by atoms with Crippen LogP contribution in [-0.2, 0) is 9.53 Å². The molecule has 0 aliphatic heterocycles. The van der Waals surface area contributed by atoms with E-state index in [1.54, 1.807) is 6.20 Å².